The maximum Gasteiger partial charge on any atom is 0.179 e. The quantitative estimate of drug-likeness (QED) is 0.0939. The van der Waals surface area contributed by atoms with Crippen molar-refractivity contribution in [3.05, 3.63) is 315 Å². The predicted octanol–water partition coefficient (Wildman–Crippen LogP) is 12.2. The number of rotatable bonds is 11. The van der Waals surface area contributed by atoms with Gasteiger partial charge in [0, 0.05) is 32.9 Å². The van der Waals surface area contributed by atoms with Gasteiger partial charge in [-0.25, -0.2) is 0 Å². The first-order chi connectivity index (χ1) is 38.6. The minimum Gasteiger partial charge on any atom is -0.309 e. The molecule has 0 spiro atoms. The topological polar surface area (TPSA) is 33.6 Å². The lowest BCUT2D eigenvalue weighted by molar-refractivity contribution is 1.17. The van der Waals surface area contributed by atoms with E-state index in [-0.39, 0.29) is 0 Å². The molecule has 12 aromatic carbocycles. The van der Waals surface area contributed by atoms with Crippen LogP contribution >= 0.6 is 0 Å². The summed E-state index contributed by atoms with van der Waals surface area (Å²) in [6, 6.07) is 116. The van der Waals surface area contributed by atoms with Gasteiger partial charge in [-0.2, -0.15) is 5.26 Å². The normalized spacial score (nSPS) is 11.8. The molecule has 2 heterocycles. The number of benzene rings is 12. The zero-order chi connectivity index (χ0) is 52.0. The van der Waals surface area contributed by atoms with Gasteiger partial charge < -0.3 is 9.13 Å². The van der Waals surface area contributed by atoms with Crippen molar-refractivity contribution in [3.63, 3.8) is 0 Å². The Balaban J connectivity index is 0.927. The van der Waals surface area contributed by atoms with Crippen LogP contribution in [0, 0.1) is 11.3 Å². The molecule has 5 heteroatoms. The van der Waals surface area contributed by atoms with Crippen LogP contribution in [0.4, 0.5) is 0 Å². The number of para-hydroxylation sites is 2. The van der Waals surface area contributed by atoms with Crippen LogP contribution in [0.1, 0.15) is 5.56 Å². The van der Waals surface area contributed by atoms with Crippen molar-refractivity contribution in [2.24, 2.45) is 0 Å². The SMILES string of the molecule is N#Cc1cc(-c2cccc(-n3c4ccccc4c4cc([Si](c5ccccc5)(c5ccccc5)c5ccccc5)ccc43)c2)cc(-n2c3ccccc3c3cc([Si](c4ccccc4)(c4ccccc4)c4ccccc4)ccc32)c1. The molecule has 14 rings (SSSR count). The monoisotopic (exact) mass is 1030 g/mol. The summed E-state index contributed by atoms with van der Waals surface area (Å²) < 4.78 is 4.77. The van der Waals surface area contributed by atoms with E-state index in [0.717, 1.165) is 44.6 Å². The zero-order valence-electron chi connectivity index (χ0n) is 42.8. The van der Waals surface area contributed by atoms with Crippen molar-refractivity contribution in [2.45, 2.75) is 0 Å². The molecule has 3 nitrogen and oxygen atoms in total. The van der Waals surface area contributed by atoms with Crippen LogP contribution in [0.25, 0.3) is 66.1 Å². The van der Waals surface area contributed by atoms with Crippen LogP contribution in [0.2, 0.25) is 0 Å². The molecule has 0 N–H and O–H groups in total. The lowest BCUT2D eigenvalue weighted by Crippen LogP contribution is -2.74. The lowest BCUT2D eigenvalue weighted by Gasteiger charge is -2.34. The first-order valence-corrected chi connectivity index (χ1v) is 30.7. The summed E-state index contributed by atoms with van der Waals surface area (Å²) in [5.41, 5.74) is 9.08. The second-order valence-corrected chi connectivity index (χ2v) is 27.9. The number of aromatic nitrogens is 2. The van der Waals surface area contributed by atoms with Gasteiger partial charge in [-0.05, 0) is 107 Å². The first kappa shape index (κ1) is 46.7. The molecule has 366 valence electrons. The Morgan fingerprint density at radius 2 is 0.590 bits per heavy atom. The molecule has 0 aliphatic rings. The minimum atomic E-state index is -2.81. The van der Waals surface area contributed by atoms with Gasteiger partial charge in [-0.15, -0.1) is 0 Å². The number of hydrogen-bond acceptors (Lipinski definition) is 1. The Morgan fingerprint density at radius 1 is 0.244 bits per heavy atom. The fourth-order valence-corrected chi connectivity index (χ4v) is 22.4. The molecule has 78 heavy (non-hydrogen) atoms. The van der Waals surface area contributed by atoms with E-state index in [1.165, 1.54) is 63.0 Å². The van der Waals surface area contributed by atoms with Crippen LogP contribution in [0.5, 0.6) is 0 Å². The fraction of sp³-hybridized carbons (Fsp3) is 0. The minimum absolute atomic E-state index is 0.603. The van der Waals surface area contributed by atoms with E-state index in [9.17, 15) is 5.26 Å². The lowest BCUT2D eigenvalue weighted by atomic mass is 10.0. The zero-order valence-corrected chi connectivity index (χ0v) is 44.8. The Labute approximate surface area is 456 Å². The van der Waals surface area contributed by atoms with Crippen LogP contribution < -0.4 is 41.5 Å². The molecule has 0 fully saturated rings. The molecule has 0 bridgehead atoms. The van der Waals surface area contributed by atoms with Crippen molar-refractivity contribution in [1.29, 1.82) is 5.26 Å². The molecule has 2 aromatic heterocycles. The maximum absolute atomic E-state index is 10.8. The Kier molecular flexibility index (Phi) is 11.6. The molecule has 0 saturated carbocycles. The van der Waals surface area contributed by atoms with Crippen molar-refractivity contribution < 1.29 is 0 Å². The summed E-state index contributed by atoms with van der Waals surface area (Å²) in [7, 11) is -5.60. The van der Waals surface area contributed by atoms with E-state index in [1.807, 2.05) is 12.1 Å². The number of hydrogen-bond donors (Lipinski definition) is 0. The van der Waals surface area contributed by atoms with E-state index in [0.29, 0.717) is 5.56 Å². The van der Waals surface area contributed by atoms with Crippen LogP contribution in [0.3, 0.4) is 0 Å². The average Bonchev–Trinajstić information content (AvgIpc) is 4.02. The van der Waals surface area contributed by atoms with Crippen molar-refractivity contribution >= 4 is 101 Å². The van der Waals surface area contributed by atoms with Gasteiger partial charge in [0.15, 0.2) is 16.1 Å². The van der Waals surface area contributed by atoms with E-state index < -0.39 is 16.1 Å². The molecular weight excluding hydrogens is 975 g/mol. The summed E-state index contributed by atoms with van der Waals surface area (Å²) in [5.74, 6) is 0. The van der Waals surface area contributed by atoms with Crippen LogP contribution in [0.15, 0.2) is 309 Å². The van der Waals surface area contributed by atoms with Crippen LogP contribution in [-0.4, -0.2) is 25.3 Å². The summed E-state index contributed by atoms with van der Waals surface area (Å²) in [4.78, 5) is 0. The van der Waals surface area contributed by atoms with Crippen molar-refractivity contribution in [1.82, 2.24) is 9.13 Å². The van der Waals surface area contributed by atoms with Crippen molar-refractivity contribution in [3.8, 4) is 28.6 Å². The highest BCUT2D eigenvalue weighted by Gasteiger charge is 2.43. The Bertz CT molecular complexity index is 4350. The van der Waals surface area contributed by atoms with Gasteiger partial charge in [-0.1, -0.05) is 255 Å². The second-order valence-electron chi connectivity index (χ2n) is 20.3. The van der Waals surface area contributed by atoms with Gasteiger partial charge in [0.2, 0.25) is 0 Å². The molecule has 0 amide bonds. The highest BCUT2D eigenvalue weighted by molar-refractivity contribution is 7.20. The Morgan fingerprint density at radius 3 is 0.987 bits per heavy atom. The van der Waals surface area contributed by atoms with Gasteiger partial charge in [-0.3, -0.25) is 0 Å². The van der Waals surface area contributed by atoms with E-state index in [1.54, 1.807) is 0 Å². The largest absolute Gasteiger partial charge is 0.309 e. The molecule has 0 unspecified atom stereocenters. The summed E-state index contributed by atoms with van der Waals surface area (Å²) in [6.07, 6.45) is 0. The van der Waals surface area contributed by atoms with Gasteiger partial charge in [0.25, 0.3) is 0 Å². The van der Waals surface area contributed by atoms with Crippen molar-refractivity contribution in [2.75, 3.05) is 0 Å². The summed E-state index contributed by atoms with van der Waals surface area (Å²) in [5, 5.41) is 26.3. The molecule has 0 saturated heterocycles. The van der Waals surface area contributed by atoms with Gasteiger partial charge >= 0.3 is 0 Å². The first-order valence-electron chi connectivity index (χ1n) is 26.7. The Hall–Kier alpha value is -9.84. The highest BCUT2D eigenvalue weighted by Crippen LogP contribution is 2.37. The molecule has 0 atom stereocenters. The molecule has 14 aromatic rings. The highest BCUT2D eigenvalue weighted by atomic mass is 28.3. The predicted molar refractivity (Wildman–Crippen MR) is 333 cm³/mol. The third-order valence-electron chi connectivity index (χ3n) is 16.2. The number of nitrogens with zero attached hydrogens (tertiary/aromatic N) is 3. The summed E-state index contributed by atoms with van der Waals surface area (Å²) in [6.45, 7) is 0. The second kappa shape index (κ2) is 19.4. The number of nitriles is 1. The van der Waals surface area contributed by atoms with E-state index in [4.69, 9.17) is 0 Å². The summed E-state index contributed by atoms with van der Waals surface area (Å²) >= 11 is 0. The third-order valence-corrected chi connectivity index (χ3v) is 25.7. The molecule has 0 aliphatic heterocycles. The molecular formula is C73H51N3Si2. The fourth-order valence-electron chi connectivity index (χ4n) is 12.9. The number of fused-ring (bicyclic) bond motifs is 6. The molecule has 0 radical (unpaired) electrons. The van der Waals surface area contributed by atoms with Gasteiger partial charge in [0.1, 0.15) is 0 Å². The standard InChI is InChI=1S/C73H51N3Si2/c74-52-53-46-55(49-57(47-53)76-71-41-22-20-39-67(71)69-51-65(43-45-73(69)76)78(61-32-13-4-14-33-61,62-34-15-5-16-35-62)63-36-17-6-18-37-63)54-24-23-25-56(48-54)75-70-40-21-19-38-66(70)68-50-64(42-44-72(68)75)77(58-26-7-1-8-27-58,59-28-9-2-10-29-59)60-30-11-3-12-31-60/h1-51H. The van der Waals surface area contributed by atoms with Crippen LogP contribution in [-0.2, 0) is 0 Å². The average molecular weight is 1030 g/mol. The van der Waals surface area contributed by atoms with Gasteiger partial charge in [0.05, 0.1) is 33.7 Å². The van der Waals surface area contributed by atoms with E-state index >= 15 is 0 Å². The van der Waals surface area contributed by atoms with E-state index in [2.05, 4.69) is 312 Å². The molecule has 0 aliphatic carbocycles. The maximum atomic E-state index is 10.8. The smallest absolute Gasteiger partial charge is 0.179 e. The third kappa shape index (κ3) is 7.45.